The maximum absolute atomic E-state index is 3.67. The van der Waals surface area contributed by atoms with Gasteiger partial charge in [-0.3, -0.25) is 0 Å². The molecule has 1 aromatic carbocycles. The van der Waals surface area contributed by atoms with Crippen molar-refractivity contribution in [2.75, 3.05) is 6.54 Å². The minimum absolute atomic E-state index is 0.458. The maximum atomic E-state index is 3.67. The van der Waals surface area contributed by atoms with E-state index in [-0.39, 0.29) is 0 Å². The van der Waals surface area contributed by atoms with E-state index in [1.54, 1.807) is 0 Å². The zero-order valence-electron chi connectivity index (χ0n) is 13.6. The predicted molar refractivity (Wildman–Crippen MR) is 85.8 cm³/mol. The van der Waals surface area contributed by atoms with Gasteiger partial charge < -0.3 is 5.32 Å². The molecule has 1 aromatic rings. The molecule has 0 heterocycles. The Morgan fingerprint density at radius 2 is 1.53 bits per heavy atom. The second kappa shape index (κ2) is 7.69. The van der Waals surface area contributed by atoms with Crippen LogP contribution >= 0.6 is 0 Å². The fourth-order valence-corrected chi connectivity index (χ4v) is 2.97. The van der Waals surface area contributed by atoms with Crippen molar-refractivity contribution in [2.24, 2.45) is 5.92 Å². The van der Waals surface area contributed by atoms with Gasteiger partial charge in [-0.1, -0.05) is 44.4 Å². The van der Waals surface area contributed by atoms with Crippen molar-refractivity contribution in [1.82, 2.24) is 5.32 Å². The van der Waals surface area contributed by atoms with E-state index < -0.39 is 0 Å². The van der Waals surface area contributed by atoms with E-state index in [1.165, 1.54) is 41.5 Å². The van der Waals surface area contributed by atoms with Crippen LogP contribution in [0.25, 0.3) is 0 Å². The van der Waals surface area contributed by atoms with Crippen LogP contribution in [0, 0.1) is 26.7 Å². The van der Waals surface area contributed by atoms with Crippen LogP contribution in [-0.2, 0) is 0 Å². The Labute approximate surface area is 119 Å². The standard InChI is InChI=1S/C18H31N/c1-13(2)9-7-8-10-19-17(6)18-15(4)11-14(3)12-16(18)5/h11-13,17,19H,7-10H2,1-6H3. The van der Waals surface area contributed by atoms with E-state index >= 15 is 0 Å². The molecule has 1 unspecified atom stereocenters. The smallest absolute Gasteiger partial charge is 0.0297 e. The molecule has 0 saturated heterocycles. The molecule has 0 spiro atoms. The van der Waals surface area contributed by atoms with Crippen LogP contribution in [0.4, 0.5) is 0 Å². The minimum atomic E-state index is 0.458. The van der Waals surface area contributed by atoms with Crippen LogP contribution in [0.15, 0.2) is 12.1 Å². The first-order valence-electron chi connectivity index (χ1n) is 7.73. The summed E-state index contributed by atoms with van der Waals surface area (Å²) in [6.07, 6.45) is 3.97. The molecule has 0 saturated carbocycles. The van der Waals surface area contributed by atoms with Crippen molar-refractivity contribution in [3.05, 3.63) is 34.4 Å². The SMILES string of the molecule is Cc1cc(C)c(C(C)NCCCCC(C)C)c(C)c1. The molecule has 108 valence electrons. The third-order valence-electron chi connectivity index (χ3n) is 3.83. The lowest BCUT2D eigenvalue weighted by Crippen LogP contribution is -2.21. The van der Waals surface area contributed by atoms with Crippen LogP contribution in [0.3, 0.4) is 0 Å². The lowest BCUT2D eigenvalue weighted by atomic mass is 9.95. The number of rotatable bonds is 7. The van der Waals surface area contributed by atoms with Crippen molar-refractivity contribution in [3.63, 3.8) is 0 Å². The average molecular weight is 261 g/mol. The van der Waals surface area contributed by atoms with Gasteiger partial charge in [-0.25, -0.2) is 0 Å². The Kier molecular flexibility index (Phi) is 6.57. The summed E-state index contributed by atoms with van der Waals surface area (Å²) >= 11 is 0. The largest absolute Gasteiger partial charge is 0.310 e. The van der Waals surface area contributed by atoms with Gasteiger partial charge in [0.25, 0.3) is 0 Å². The number of benzene rings is 1. The Hall–Kier alpha value is -0.820. The lowest BCUT2D eigenvalue weighted by molar-refractivity contribution is 0.496. The van der Waals surface area contributed by atoms with Crippen molar-refractivity contribution in [3.8, 4) is 0 Å². The zero-order chi connectivity index (χ0) is 14.4. The monoisotopic (exact) mass is 261 g/mol. The summed E-state index contributed by atoms with van der Waals surface area (Å²) < 4.78 is 0. The molecule has 0 aliphatic rings. The Morgan fingerprint density at radius 3 is 2.05 bits per heavy atom. The lowest BCUT2D eigenvalue weighted by Gasteiger charge is -2.20. The molecule has 0 amide bonds. The maximum Gasteiger partial charge on any atom is 0.0297 e. The molecule has 1 N–H and O–H groups in total. The van der Waals surface area contributed by atoms with Crippen LogP contribution in [-0.4, -0.2) is 6.54 Å². The molecule has 1 rings (SSSR count). The molecule has 1 nitrogen and oxygen atoms in total. The van der Waals surface area contributed by atoms with Crippen LogP contribution in [0.2, 0.25) is 0 Å². The van der Waals surface area contributed by atoms with E-state index in [0.29, 0.717) is 6.04 Å². The molecule has 0 bridgehead atoms. The summed E-state index contributed by atoms with van der Waals surface area (Å²) in [4.78, 5) is 0. The first kappa shape index (κ1) is 16.2. The minimum Gasteiger partial charge on any atom is -0.310 e. The number of unbranched alkanes of at least 4 members (excludes halogenated alkanes) is 1. The molecule has 1 atom stereocenters. The Morgan fingerprint density at radius 1 is 0.947 bits per heavy atom. The van der Waals surface area contributed by atoms with Gasteiger partial charge in [0.05, 0.1) is 0 Å². The van der Waals surface area contributed by atoms with Crippen molar-refractivity contribution < 1.29 is 0 Å². The summed E-state index contributed by atoms with van der Waals surface area (Å²) in [6.45, 7) is 14.6. The van der Waals surface area contributed by atoms with Crippen LogP contribution < -0.4 is 5.32 Å². The predicted octanol–water partition coefficient (Wildman–Crippen LogP) is 5.09. The highest BCUT2D eigenvalue weighted by Gasteiger charge is 2.11. The average Bonchev–Trinajstić information content (AvgIpc) is 2.26. The van der Waals surface area contributed by atoms with Gasteiger partial charge in [0, 0.05) is 6.04 Å². The summed E-state index contributed by atoms with van der Waals surface area (Å²) in [7, 11) is 0. The van der Waals surface area contributed by atoms with Gasteiger partial charge in [0.1, 0.15) is 0 Å². The van der Waals surface area contributed by atoms with E-state index in [9.17, 15) is 0 Å². The summed E-state index contributed by atoms with van der Waals surface area (Å²) in [5, 5.41) is 3.67. The number of aryl methyl sites for hydroxylation is 3. The first-order valence-corrected chi connectivity index (χ1v) is 7.73. The van der Waals surface area contributed by atoms with E-state index in [1.807, 2.05) is 0 Å². The van der Waals surface area contributed by atoms with E-state index in [2.05, 4.69) is 59.0 Å². The highest BCUT2D eigenvalue weighted by Crippen LogP contribution is 2.23. The molecule has 0 radical (unpaired) electrons. The molecular weight excluding hydrogens is 230 g/mol. The van der Waals surface area contributed by atoms with Crippen molar-refractivity contribution >= 4 is 0 Å². The highest BCUT2D eigenvalue weighted by molar-refractivity contribution is 5.39. The van der Waals surface area contributed by atoms with Gasteiger partial charge in [-0.05, 0) is 63.3 Å². The van der Waals surface area contributed by atoms with Crippen LogP contribution in [0.1, 0.15) is 68.3 Å². The highest BCUT2D eigenvalue weighted by atomic mass is 14.9. The first-order chi connectivity index (χ1) is 8.91. The summed E-state index contributed by atoms with van der Waals surface area (Å²) in [5.74, 6) is 0.832. The molecule has 1 heteroatoms. The fourth-order valence-electron chi connectivity index (χ4n) is 2.97. The quantitative estimate of drug-likeness (QED) is 0.674. The van der Waals surface area contributed by atoms with Gasteiger partial charge in [-0.15, -0.1) is 0 Å². The summed E-state index contributed by atoms with van der Waals surface area (Å²) in [6, 6.07) is 5.04. The van der Waals surface area contributed by atoms with Gasteiger partial charge >= 0.3 is 0 Å². The van der Waals surface area contributed by atoms with Crippen molar-refractivity contribution in [1.29, 1.82) is 0 Å². The fraction of sp³-hybridized carbons (Fsp3) is 0.667. The Bertz CT molecular complexity index is 370. The molecule has 0 fully saturated rings. The van der Waals surface area contributed by atoms with E-state index in [0.717, 1.165) is 12.5 Å². The third kappa shape index (κ3) is 5.36. The second-order valence-electron chi connectivity index (χ2n) is 6.38. The Balaban J connectivity index is 2.48. The molecule has 0 aliphatic heterocycles. The van der Waals surface area contributed by atoms with E-state index in [4.69, 9.17) is 0 Å². The number of nitrogens with one attached hydrogen (secondary N) is 1. The van der Waals surface area contributed by atoms with Gasteiger partial charge in [0.15, 0.2) is 0 Å². The van der Waals surface area contributed by atoms with Crippen LogP contribution in [0.5, 0.6) is 0 Å². The van der Waals surface area contributed by atoms with Gasteiger partial charge in [0.2, 0.25) is 0 Å². The molecular formula is C18H31N. The number of hydrogen-bond acceptors (Lipinski definition) is 1. The molecule has 0 aromatic heterocycles. The topological polar surface area (TPSA) is 12.0 Å². The second-order valence-corrected chi connectivity index (χ2v) is 6.38. The van der Waals surface area contributed by atoms with Crippen molar-refractivity contribution in [2.45, 2.75) is 66.8 Å². The number of hydrogen-bond donors (Lipinski definition) is 1. The normalized spacial score (nSPS) is 13.0. The molecule has 0 aliphatic carbocycles. The summed E-state index contributed by atoms with van der Waals surface area (Å²) in [5.41, 5.74) is 5.68. The molecule has 19 heavy (non-hydrogen) atoms. The zero-order valence-corrected chi connectivity index (χ0v) is 13.6. The third-order valence-corrected chi connectivity index (χ3v) is 3.83. The van der Waals surface area contributed by atoms with Gasteiger partial charge in [-0.2, -0.15) is 0 Å².